The molecule has 1 aromatic carbocycles. The number of pyridine rings is 1. The number of nitrogens with two attached hydrogens (primary N) is 1. The maximum Gasteiger partial charge on any atom is 0.131 e. The van der Waals surface area contributed by atoms with Crippen LogP contribution >= 0.6 is 0 Å². The molecule has 0 saturated heterocycles. The summed E-state index contributed by atoms with van der Waals surface area (Å²) < 4.78 is 8.59. The van der Waals surface area contributed by atoms with E-state index < -0.39 is 0 Å². The van der Waals surface area contributed by atoms with Gasteiger partial charge in [0.05, 0.1) is 12.7 Å². The highest BCUT2D eigenvalue weighted by Crippen LogP contribution is 2.73. The van der Waals surface area contributed by atoms with E-state index in [1.807, 2.05) is 18.3 Å². The first-order chi connectivity index (χ1) is 14.1. The standard InChI is InChI=1S/C23H27N5O/c24-21-18-2-1-3-19(17(18)4-6-26-21)27-14-22-11-23(12-22,13-22)15-29-16-5-8-28-9-7-25-20(28)10-16/h1-4,6-7,9,16,27H,5,8,10-15H2,(H2,24,26)/t16-,22?,23?/m0/s1. The number of fused-ring (bicyclic) bond motifs is 2. The van der Waals surface area contributed by atoms with E-state index in [1.54, 1.807) is 6.20 Å². The molecule has 2 aromatic heterocycles. The minimum atomic E-state index is 0.336. The lowest BCUT2D eigenvalue weighted by atomic mass is 9.35. The van der Waals surface area contributed by atoms with E-state index in [0.29, 0.717) is 22.8 Å². The zero-order valence-corrected chi connectivity index (χ0v) is 16.6. The van der Waals surface area contributed by atoms with Crippen molar-refractivity contribution >= 4 is 22.3 Å². The maximum atomic E-state index is 6.34. The molecule has 3 heterocycles. The van der Waals surface area contributed by atoms with Crippen LogP contribution in [-0.2, 0) is 17.7 Å². The fourth-order valence-electron chi connectivity index (χ4n) is 6.00. The first-order valence-corrected chi connectivity index (χ1v) is 10.6. The van der Waals surface area contributed by atoms with Crippen molar-refractivity contribution in [2.24, 2.45) is 10.8 Å². The molecule has 1 atom stereocenters. The van der Waals surface area contributed by atoms with Gasteiger partial charge in [0, 0.05) is 54.6 Å². The molecule has 150 valence electrons. The summed E-state index contributed by atoms with van der Waals surface area (Å²) in [6, 6.07) is 8.27. The molecule has 0 spiro atoms. The second kappa shape index (κ2) is 6.20. The van der Waals surface area contributed by atoms with Crippen LogP contribution in [0.4, 0.5) is 11.5 Å². The molecule has 6 heteroatoms. The summed E-state index contributed by atoms with van der Waals surface area (Å²) in [5, 5.41) is 5.87. The van der Waals surface area contributed by atoms with E-state index in [4.69, 9.17) is 10.5 Å². The van der Waals surface area contributed by atoms with Crippen LogP contribution in [0.1, 0.15) is 31.5 Å². The predicted octanol–water partition coefficient (Wildman–Crippen LogP) is 3.63. The summed E-state index contributed by atoms with van der Waals surface area (Å²) in [5.74, 6) is 1.77. The van der Waals surface area contributed by atoms with Gasteiger partial charge in [-0.25, -0.2) is 9.97 Å². The summed E-state index contributed by atoms with van der Waals surface area (Å²) in [6.07, 6.45) is 12.0. The Kier molecular flexibility index (Phi) is 3.69. The largest absolute Gasteiger partial charge is 0.384 e. The van der Waals surface area contributed by atoms with E-state index >= 15 is 0 Å². The lowest BCUT2D eigenvalue weighted by molar-refractivity contribution is -0.230. The molecule has 2 bridgehead atoms. The Hall–Kier alpha value is -2.60. The Balaban J connectivity index is 1.03. The van der Waals surface area contributed by atoms with Crippen LogP contribution in [0.3, 0.4) is 0 Å². The molecule has 29 heavy (non-hydrogen) atoms. The third kappa shape index (κ3) is 2.81. The van der Waals surface area contributed by atoms with Gasteiger partial charge in [-0.05, 0) is 48.6 Å². The van der Waals surface area contributed by atoms with Gasteiger partial charge in [-0.2, -0.15) is 0 Å². The first kappa shape index (κ1) is 17.3. The third-order valence-corrected chi connectivity index (χ3v) is 7.27. The summed E-state index contributed by atoms with van der Waals surface area (Å²) in [6.45, 7) is 2.97. The van der Waals surface area contributed by atoms with Crippen LogP contribution in [-0.4, -0.2) is 33.8 Å². The van der Waals surface area contributed by atoms with Gasteiger partial charge in [0.2, 0.25) is 0 Å². The molecule has 3 saturated carbocycles. The van der Waals surface area contributed by atoms with Gasteiger partial charge in [0.15, 0.2) is 0 Å². The number of hydrogen-bond acceptors (Lipinski definition) is 5. The Morgan fingerprint density at radius 1 is 1.10 bits per heavy atom. The molecule has 7 rings (SSSR count). The van der Waals surface area contributed by atoms with Gasteiger partial charge in [0.25, 0.3) is 0 Å². The van der Waals surface area contributed by atoms with E-state index in [9.17, 15) is 0 Å². The molecule has 0 amide bonds. The number of aryl methyl sites for hydroxylation is 1. The van der Waals surface area contributed by atoms with Crippen LogP contribution in [0.15, 0.2) is 42.9 Å². The van der Waals surface area contributed by atoms with Gasteiger partial charge >= 0.3 is 0 Å². The van der Waals surface area contributed by atoms with Gasteiger partial charge < -0.3 is 20.4 Å². The molecule has 1 aliphatic heterocycles. The Bertz CT molecular complexity index is 1050. The number of nitrogen functional groups attached to an aromatic ring is 1. The number of hydrogen-bond donors (Lipinski definition) is 2. The lowest BCUT2D eigenvalue weighted by Crippen LogP contribution is -2.66. The Morgan fingerprint density at radius 2 is 2.00 bits per heavy atom. The second-order valence-electron chi connectivity index (χ2n) is 9.44. The monoisotopic (exact) mass is 389 g/mol. The Morgan fingerprint density at radius 3 is 2.90 bits per heavy atom. The quantitative estimate of drug-likeness (QED) is 0.673. The lowest BCUT2D eigenvalue weighted by Gasteiger charge is -2.71. The highest BCUT2D eigenvalue weighted by atomic mass is 16.5. The number of imidazole rings is 1. The summed E-state index contributed by atoms with van der Waals surface area (Å²) in [4.78, 5) is 8.65. The highest BCUT2D eigenvalue weighted by molar-refractivity contribution is 5.99. The summed E-state index contributed by atoms with van der Waals surface area (Å²) >= 11 is 0. The molecule has 3 aromatic rings. The second-order valence-corrected chi connectivity index (χ2v) is 9.44. The number of benzene rings is 1. The number of anilines is 2. The molecule has 3 N–H and O–H groups in total. The van der Waals surface area contributed by atoms with Crippen LogP contribution in [0, 0.1) is 10.8 Å². The molecule has 6 nitrogen and oxygen atoms in total. The minimum Gasteiger partial charge on any atom is -0.384 e. The van der Waals surface area contributed by atoms with Crippen molar-refractivity contribution in [3.8, 4) is 0 Å². The Labute approximate surface area is 170 Å². The minimum absolute atomic E-state index is 0.336. The fourth-order valence-corrected chi connectivity index (χ4v) is 6.00. The maximum absolute atomic E-state index is 6.34. The number of aromatic nitrogens is 3. The third-order valence-electron chi connectivity index (χ3n) is 7.27. The topological polar surface area (TPSA) is 78.0 Å². The summed E-state index contributed by atoms with van der Waals surface area (Å²) in [7, 11) is 0. The zero-order valence-electron chi connectivity index (χ0n) is 16.6. The molecule has 0 unspecified atom stereocenters. The van der Waals surface area contributed by atoms with Crippen molar-refractivity contribution in [1.29, 1.82) is 0 Å². The van der Waals surface area contributed by atoms with E-state index in [0.717, 1.165) is 49.0 Å². The van der Waals surface area contributed by atoms with Crippen LogP contribution in [0.25, 0.3) is 10.8 Å². The molecular weight excluding hydrogens is 362 g/mol. The number of nitrogens with zero attached hydrogens (tertiary/aromatic N) is 3. The SMILES string of the molecule is Nc1nccc2c(NCC34CC(CO[C@H]5CCn6ccnc6C5)(C3)C4)cccc12. The zero-order chi connectivity index (χ0) is 19.5. The highest BCUT2D eigenvalue weighted by Gasteiger charge is 2.67. The van der Waals surface area contributed by atoms with Crippen molar-refractivity contribution in [3.63, 3.8) is 0 Å². The van der Waals surface area contributed by atoms with Crippen molar-refractivity contribution in [2.75, 3.05) is 24.2 Å². The van der Waals surface area contributed by atoms with Gasteiger partial charge in [-0.15, -0.1) is 0 Å². The number of ether oxygens (including phenoxy) is 1. The molecule has 3 aliphatic carbocycles. The predicted molar refractivity (Wildman–Crippen MR) is 114 cm³/mol. The van der Waals surface area contributed by atoms with Gasteiger partial charge in [0.1, 0.15) is 11.6 Å². The molecule has 4 aliphatic rings. The average molecular weight is 390 g/mol. The summed E-state index contributed by atoms with van der Waals surface area (Å²) in [5.41, 5.74) is 8.07. The number of rotatable bonds is 6. The normalized spacial score (nSPS) is 29.7. The molecule has 0 radical (unpaired) electrons. The smallest absolute Gasteiger partial charge is 0.131 e. The van der Waals surface area contributed by atoms with Crippen molar-refractivity contribution in [2.45, 2.75) is 44.8 Å². The van der Waals surface area contributed by atoms with Crippen molar-refractivity contribution < 1.29 is 4.74 Å². The van der Waals surface area contributed by atoms with Crippen LogP contribution in [0.2, 0.25) is 0 Å². The first-order valence-electron chi connectivity index (χ1n) is 10.6. The fraction of sp³-hybridized carbons (Fsp3) is 0.478. The van der Waals surface area contributed by atoms with E-state index in [1.165, 1.54) is 25.1 Å². The molecular formula is C23H27N5O. The van der Waals surface area contributed by atoms with Crippen LogP contribution < -0.4 is 11.1 Å². The van der Waals surface area contributed by atoms with E-state index in [2.05, 4.69) is 38.2 Å². The van der Waals surface area contributed by atoms with Gasteiger partial charge in [-0.1, -0.05) is 12.1 Å². The number of nitrogens with one attached hydrogen (secondary N) is 1. The van der Waals surface area contributed by atoms with Crippen molar-refractivity contribution in [3.05, 3.63) is 48.7 Å². The van der Waals surface area contributed by atoms with E-state index in [-0.39, 0.29) is 0 Å². The van der Waals surface area contributed by atoms with Crippen molar-refractivity contribution in [1.82, 2.24) is 14.5 Å². The molecule has 3 fully saturated rings. The van der Waals surface area contributed by atoms with Gasteiger partial charge in [-0.3, -0.25) is 0 Å². The average Bonchev–Trinajstić information content (AvgIpc) is 3.14. The van der Waals surface area contributed by atoms with Crippen LogP contribution in [0.5, 0.6) is 0 Å².